The monoisotopic (exact) mass is 357 g/mol. The Hall–Kier alpha value is -3.06. The van der Waals surface area contributed by atoms with E-state index in [-0.39, 0.29) is 11.5 Å². The maximum atomic E-state index is 12.5. The average Bonchev–Trinajstić information content (AvgIpc) is 3.00. The third kappa shape index (κ3) is 3.27. The van der Waals surface area contributed by atoms with Crippen LogP contribution in [0.2, 0.25) is 5.02 Å². The quantitative estimate of drug-likeness (QED) is 0.748. The van der Waals surface area contributed by atoms with Crippen LogP contribution in [0.15, 0.2) is 42.5 Å². The summed E-state index contributed by atoms with van der Waals surface area (Å²) in [5.41, 5.74) is 8.11. The third-order valence-electron chi connectivity index (χ3n) is 3.75. The minimum Gasteiger partial charge on any atom is -0.497 e. The van der Waals surface area contributed by atoms with Crippen LogP contribution in [0.3, 0.4) is 0 Å². The number of nitrogens with one attached hydrogen (secondary N) is 1. The van der Waals surface area contributed by atoms with Crippen molar-refractivity contribution in [2.75, 3.05) is 18.2 Å². The molecule has 3 aromatic rings. The highest BCUT2D eigenvalue weighted by Gasteiger charge is 2.19. The molecule has 128 valence electrons. The molecule has 0 saturated heterocycles. The number of nitrogen functional groups attached to an aromatic ring is 1. The molecule has 0 spiro atoms. The first kappa shape index (κ1) is 16.8. The summed E-state index contributed by atoms with van der Waals surface area (Å²) >= 11 is 6.07. The van der Waals surface area contributed by atoms with Crippen LogP contribution in [0, 0.1) is 6.92 Å². The summed E-state index contributed by atoms with van der Waals surface area (Å²) in [6, 6.07) is 12.3. The fraction of sp³-hybridized carbons (Fsp3) is 0.118. The van der Waals surface area contributed by atoms with Crippen molar-refractivity contribution in [3.05, 3.63) is 58.7 Å². The van der Waals surface area contributed by atoms with Crippen LogP contribution < -0.4 is 15.8 Å². The van der Waals surface area contributed by atoms with Crippen LogP contribution in [0.5, 0.6) is 5.75 Å². The van der Waals surface area contributed by atoms with Gasteiger partial charge in [-0.05, 0) is 48.9 Å². The minimum absolute atomic E-state index is 0.0372. The standard InChI is InChI=1S/C17H16ClN5O2/c1-10-13(18)4-3-5-14(10)20-17(24)15-16(19)23(22-21-15)11-6-8-12(25-2)9-7-11/h3-9H,19H2,1-2H3,(H,20,24). The Morgan fingerprint density at radius 2 is 1.96 bits per heavy atom. The highest BCUT2D eigenvalue weighted by Crippen LogP contribution is 2.24. The van der Waals surface area contributed by atoms with Gasteiger partial charge in [0.15, 0.2) is 11.5 Å². The molecule has 0 aliphatic rings. The van der Waals surface area contributed by atoms with Crippen molar-refractivity contribution in [1.29, 1.82) is 0 Å². The van der Waals surface area contributed by atoms with Crippen molar-refractivity contribution in [3.8, 4) is 11.4 Å². The molecule has 1 aromatic heterocycles. The molecule has 2 aromatic carbocycles. The van der Waals surface area contributed by atoms with Crippen LogP contribution in [0.1, 0.15) is 16.1 Å². The Balaban J connectivity index is 1.87. The summed E-state index contributed by atoms with van der Waals surface area (Å²) < 4.78 is 6.50. The second-order valence-electron chi connectivity index (χ2n) is 5.30. The average molecular weight is 358 g/mol. The van der Waals surface area contributed by atoms with Gasteiger partial charge in [-0.3, -0.25) is 4.79 Å². The van der Waals surface area contributed by atoms with Gasteiger partial charge in [-0.2, -0.15) is 4.68 Å². The maximum Gasteiger partial charge on any atom is 0.280 e. The van der Waals surface area contributed by atoms with Gasteiger partial charge in [0.1, 0.15) is 5.75 Å². The smallest absolute Gasteiger partial charge is 0.280 e. The van der Waals surface area contributed by atoms with Gasteiger partial charge >= 0.3 is 0 Å². The van der Waals surface area contributed by atoms with Gasteiger partial charge in [-0.25, -0.2) is 0 Å². The van der Waals surface area contributed by atoms with Crippen molar-refractivity contribution in [2.24, 2.45) is 0 Å². The third-order valence-corrected chi connectivity index (χ3v) is 4.16. The summed E-state index contributed by atoms with van der Waals surface area (Å²) in [5.74, 6) is 0.391. The van der Waals surface area contributed by atoms with E-state index in [2.05, 4.69) is 15.6 Å². The molecule has 0 unspecified atom stereocenters. The number of hydrogen-bond acceptors (Lipinski definition) is 5. The first-order valence-corrected chi connectivity index (χ1v) is 7.81. The summed E-state index contributed by atoms with van der Waals surface area (Å²) in [5, 5.41) is 11.2. The number of rotatable bonds is 4. The summed E-state index contributed by atoms with van der Waals surface area (Å²) in [6.07, 6.45) is 0. The van der Waals surface area contributed by atoms with E-state index in [0.29, 0.717) is 22.1 Å². The lowest BCUT2D eigenvalue weighted by Crippen LogP contribution is -2.15. The van der Waals surface area contributed by atoms with Gasteiger partial charge in [0, 0.05) is 10.7 Å². The van der Waals surface area contributed by atoms with E-state index in [1.807, 2.05) is 6.92 Å². The molecule has 0 saturated carbocycles. The molecule has 0 aliphatic heterocycles. The highest BCUT2D eigenvalue weighted by atomic mass is 35.5. The van der Waals surface area contributed by atoms with Crippen molar-refractivity contribution < 1.29 is 9.53 Å². The normalized spacial score (nSPS) is 10.5. The number of carbonyl (C=O) groups excluding carboxylic acids is 1. The largest absolute Gasteiger partial charge is 0.497 e. The molecule has 8 heteroatoms. The van der Waals surface area contributed by atoms with Crippen molar-refractivity contribution >= 4 is 29.0 Å². The molecule has 25 heavy (non-hydrogen) atoms. The predicted octanol–water partition coefficient (Wildman–Crippen LogP) is 3.07. The Labute approximate surface area is 149 Å². The number of amides is 1. The number of carbonyl (C=O) groups is 1. The molecule has 3 N–H and O–H groups in total. The second kappa shape index (κ2) is 6.82. The zero-order valence-electron chi connectivity index (χ0n) is 13.7. The molecular weight excluding hydrogens is 342 g/mol. The fourth-order valence-electron chi connectivity index (χ4n) is 2.29. The molecule has 7 nitrogen and oxygen atoms in total. The topological polar surface area (TPSA) is 95.1 Å². The number of benzene rings is 2. The zero-order chi connectivity index (χ0) is 18.0. The highest BCUT2D eigenvalue weighted by molar-refractivity contribution is 6.31. The number of nitrogens with zero attached hydrogens (tertiary/aromatic N) is 3. The number of nitrogens with two attached hydrogens (primary N) is 1. The van der Waals surface area contributed by atoms with Crippen LogP contribution in [-0.4, -0.2) is 28.0 Å². The molecular formula is C17H16ClN5O2. The fourth-order valence-corrected chi connectivity index (χ4v) is 2.46. The second-order valence-corrected chi connectivity index (χ2v) is 5.71. The Morgan fingerprint density at radius 1 is 1.24 bits per heavy atom. The lowest BCUT2D eigenvalue weighted by Gasteiger charge is -2.08. The van der Waals surface area contributed by atoms with Crippen molar-refractivity contribution in [1.82, 2.24) is 15.0 Å². The van der Waals surface area contributed by atoms with Gasteiger partial charge < -0.3 is 15.8 Å². The van der Waals surface area contributed by atoms with E-state index in [0.717, 1.165) is 5.56 Å². The van der Waals surface area contributed by atoms with Gasteiger partial charge in [0.05, 0.1) is 12.8 Å². The van der Waals surface area contributed by atoms with E-state index in [9.17, 15) is 4.79 Å². The lowest BCUT2D eigenvalue weighted by molar-refractivity contribution is 0.102. The summed E-state index contributed by atoms with van der Waals surface area (Å²) in [4.78, 5) is 12.5. The summed E-state index contributed by atoms with van der Waals surface area (Å²) in [6.45, 7) is 1.81. The molecule has 0 fully saturated rings. The molecule has 0 atom stereocenters. The number of ether oxygens (including phenoxy) is 1. The Kier molecular flexibility index (Phi) is 4.58. The number of hydrogen-bond donors (Lipinski definition) is 2. The maximum absolute atomic E-state index is 12.5. The number of anilines is 2. The number of methoxy groups -OCH3 is 1. The van der Waals surface area contributed by atoms with E-state index >= 15 is 0 Å². The Bertz CT molecular complexity index is 921. The lowest BCUT2D eigenvalue weighted by atomic mass is 10.2. The van der Waals surface area contributed by atoms with E-state index < -0.39 is 5.91 Å². The number of aromatic nitrogens is 3. The van der Waals surface area contributed by atoms with E-state index in [1.54, 1.807) is 49.6 Å². The van der Waals surface area contributed by atoms with Gasteiger partial charge in [-0.15, -0.1) is 5.10 Å². The van der Waals surface area contributed by atoms with Crippen LogP contribution in [-0.2, 0) is 0 Å². The SMILES string of the molecule is COc1ccc(-n2nnc(C(=O)Nc3cccc(Cl)c3C)c2N)cc1. The predicted molar refractivity (Wildman–Crippen MR) is 96.5 cm³/mol. The molecule has 0 bridgehead atoms. The minimum atomic E-state index is -0.456. The molecule has 3 rings (SSSR count). The first-order valence-electron chi connectivity index (χ1n) is 7.43. The molecule has 1 amide bonds. The van der Waals surface area contributed by atoms with Crippen LogP contribution in [0.25, 0.3) is 5.69 Å². The van der Waals surface area contributed by atoms with Crippen molar-refractivity contribution in [3.63, 3.8) is 0 Å². The first-order chi connectivity index (χ1) is 12.0. The molecule has 0 aliphatic carbocycles. The molecule has 1 heterocycles. The van der Waals surface area contributed by atoms with Gasteiger partial charge in [0.25, 0.3) is 5.91 Å². The van der Waals surface area contributed by atoms with Crippen LogP contribution in [0.4, 0.5) is 11.5 Å². The summed E-state index contributed by atoms with van der Waals surface area (Å²) in [7, 11) is 1.58. The van der Waals surface area contributed by atoms with E-state index in [4.69, 9.17) is 22.1 Å². The van der Waals surface area contributed by atoms with Crippen molar-refractivity contribution in [2.45, 2.75) is 6.92 Å². The van der Waals surface area contributed by atoms with Gasteiger partial charge in [-0.1, -0.05) is 22.9 Å². The number of halogens is 1. The van der Waals surface area contributed by atoms with E-state index in [1.165, 1.54) is 4.68 Å². The van der Waals surface area contributed by atoms with Gasteiger partial charge in [0.2, 0.25) is 0 Å². The molecule has 0 radical (unpaired) electrons. The van der Waals surface area contributed by atoms with Crippen LogP contribution >= 0.6 is 11.6 Å². The Morgan fingerprint density at radius 3 is 2.64 bits per heavy atom. The zero-order valence-corrected chi connectivity index (χ0v) is 14.4.